The summed E-state index contributed by atoms with van der Waals surface area (Å²) < 4.78 is 17.1. The van der Waals surface area contributed by atoms with Crippen molar-refractivity contribution in [1.82, 2.24) is 0 Å². The van der Waals surface area contributed by atoms with Crippen LogP contribution in [0.2, 0.25) is 0 Å². The van der Waals surface area contributed by atoms with Crippen LogP contribution < -0.4 is 14.8 Å². The Morgan fingerprint density at radius 1 is 0.821 bits per heavy atom. The Balaban J connectivity index is 1.73. The first-order chi connectivity index (χ1) is 13.7. The van der Waals surface area contributed by atoms with Gasteiger partial charge in [-0.2, -0.15) is 0 Å². The molecule has 1 aromatic heterocycles. The molecule has 0 fully saturated rings. The van der Waals surface area contributed by atoms with E-state index in [2.05, 4.69) is 32.0 Å². The fraction of sp³-hybridized carbons (Fsp3) is 0.125. The average Bonchev–Trinajstić information content (AvgIpc) is 3.18. The molecule has 0 saturated carbocycles. The summed E-state index contributed by atoms with van der Waals surface area (Å²) in [4.78, 5) is 4.95. The van der Waals surface area contributed by atoms with Gasteiger partial charge in [0.25, 0.3) is 0 Å². The van der Waals surface area contributed by atoms with Crippen LogP contribution in [0, 0.1) is 13.8 Å². The molecule has 0 amide bonds. The molecule has 3 aromatic carbocycles. The fourth-order valence-corrected chi connectivity index (χ4v) is 3.46. The number of aryl methyl sites for hydroxylation is 2. The van der Waals surface area contributed by atoms with E-state index in [1.807, 2.05) is 48.5 Å². The average molecular weight is 369 g/mol. The molecule has 0 saturated heterocycles. The summed E-state index contributed by atoms with van der Waals surface area (Å²) in [5.74, 6) is 2.22. The molecule has 5 rings (SSSR count). The summed E-state index contributed by atoms with van der Waals surface area (Å²) >= 11 is 0. The van der Waals surface area contributed by atoms with Crippen LogP contribution in [0.25, 0.3) is 22.3 Å². The van der Waals surface area contributed by atoms with Gasteiger partial charge in [0.2, 0.25) is 6.79 Å². The quantitative estimate of drug-likeness (QED) is 0.457. The van der Waals surface area contributed by atoms with Gasteiger partial charge in [-0.15, -0.1) is 0 Å². The van der Waals surface area contributed by atoms with Crippen LogP contribution in [0.3, 0.4) is 0 Å². The number of ether oxygens (including phenoxy) is 2. The first-order valence-corrected chi connectivity index (χ1v) is 9.22. The number of benzene rings is 3. The Kier molecular flexibility index (Phi) is 3.90. The standard InChI is InChI=1S/C24H19NO3/c1-15-7-9-19(16(2)11-15)25-20-13-23(28-21-6-4-3-5-18(20)21)17-8-10-22-24(12-17)27-14-26-22/h3-13H,14H2,1-2H3. The van der Waals surface area contributed by atoms with Crippen LogP contribution >= 0.6 is 0 Å². The molecule has 4 nitrogen and oxygen atoms in total. The first-order valence-electron chi connectivity index (χ1n) is 9.22. The van der Waals surface area contributed by atoms with E-state index in [1.165, 1.54) is 5.56 Å². The number of fused-ring (bicyclic) bond motifs is 2. The largest absolute Gasteiger partial charge is 0.456 e. The molecule has 1 aliphatic heterocycles. The topological polar surface area (TPSA) is 44.0 Å². The van der Waals surface area contributed by atoms with Gasteiger partial charge in [-0.05, 0) is 55.8 Å². The van der Waals surface area contributed by atoms with Gasteiger partial charge in [-0.3, -0.25) is 0 Å². The number of hydrogen-bond acceptors (Lipinski definition) is 4. The lowest BCUT2D eigenvalue weighted by Gasteiger charge is -2.07. The molecule has 0 aliphatic carbocycles. The molecule has 2 heterocycles. The van der Waals surface area contributed by atoms with Crippen molar-refractivity contribution in [2.75, 3.05) is 6.79 Å². The normalized spacial score (nSPS) is 13.3. The molecule has 4 heteroatoms. The summed E-state index contributed by atoms with van der Waals surface area (Å²) in [5, 5.41) is 1.86. The van der Waals surface area contributed by atoms with Crippen molar-refractivity contribution < 1.29 is 13.9 Å². The van der Waals surface area contributed by atoms with E-state index in [-0.39, 0.29) is 6.79 Å². The Hall–Kier alpha value is -3.53. The lowest BCUT2D eigenvalue weighted by Crippen LogP contribution is -2.03. The van der Waals surface area contributed by atoms with Crippen molar-refractivity contribution >= 4 is 16.7 Å². The zero-order valence-corrected chi connectivity index (χ0v) is 15.7. The predicted octanol–water partition coefficient (Wildman–Crippen LogP) is 5.68. The summed E-state index contributed by atoms with van der Waals surface area (Å²) in [7, 11) is 0. The van der Waals surface area contributed by atoms with Crippen LogP contribution in [-0.2, 0) is 0 Å². The maximum absolute atomic E-state index is 6.18. The second-order valence-electron chi connectivity index (χ2n) is 6.96. The third kappa shape index (κ3) is 2.93. The summed E-state index contributed by atoms with van der Waals surface area (Å²) in [6.45, 7) is 4.42. The van der Waals surface area contributed by atoms with Crippen molar-refractivity contribution in [3.05, 3.63) is 83.2 Å². The van der Waals surface area contributed by atoms with Crippen molar-refractivity contribution in [2.45, 2.75) is 13.8 Å². The molecule has 0 radical (unpaired) electrons. The van der Waals surface area contributed by atoms with E-state index in [4.69, 9.17) is 18.9 Å². The van der Waals surface area contributed by atoms with Crippen LogP contribution in [0.5, 0.6) is 11.5 Å². The molecule has 0 atom stereocenters. The van der Waals surface area contributed by atoms with Gasteiger partial charge < -0.3 is 13.9 Å². The molecule has 0 unspecified atom stereocenters. The van der Waals surface area contributed by atoms with Crippen molar-refractivity contribution in [2.24, 2.45) is 4.99 Å². The lowest BCUT2D eigenvalue weighted by molar-refractivity contribution is 0.174. The predicted molar refractivity (Wildman–Crippen MR) is 109 cm³/mol. The van der Waals surface area contributed by atoms with Gasteiger partial charge in [0.1, 0.15) is 11.3 Å². The SMILES string of the molecule is Cc1ccc(N=c2cc(-c3ccc4c(c3)OCO4)oc3ccccc23)c(C)c1. The Bertz CT molecular complexity index is 1270. The van der Waals surface area contributed by atoms with E-state index in [0.717, 1.165) is 50.4 Å². The van der Waals surface area contributed by atoms with Crippen LogP contribution in [0.1, 0.15) is 11.1 Å². The van der Waals surface area contributed by atoms with Gasteiger partial charge in [-0.25, -0.2) is 4.99 Å². The lowest BCUT2D eigenvalue weighted by atomic mass is 10.1. The number of nitrogens with zero attached hydrogens (tertiary/aromatic N) is 1. The van der Waals surface area contributed by atoms with E-state index < -0.39 is 0 Å². The zero-order valence-electron chi connectivity index (χ0n) is 15.7. The van der Waals surface area contributed by atoms with Crippen LogP contribution in [-0.4, -0.2) is 6.79 Å². The Morgan fingerprint density at radius 2 is 1.68 bits per heavy atom. The molecular weight excluding hydrogens is 350 g/mol. The maximum Gasteiger partial charge on any atom is 0.231 e. The molecule has 4 aromatic rings. The second-order valence-corrected chi connectivity index (χ2v) is 6.96. The number of para-hydroxylation sites is 1. The maximum atomic E-state index is 6.18. The third-order valence-electron chi connectivity index (χ3n) is 4.90. The second kappa shape index (κ2) is 6.57. The van der Waals surface area contributed by atoms with E-state index >= 15 is 0 Å². The molecular formula is C24H19NO3. The van der Waals surface area contributed by atoms with Crippen LogP contribution in [0.4, 0.5) is 5.69 Å². The first kappa shape index (κ1) is 16.6. The highest BCUT2D eigenvalue weighted by Crippen LogP contribution is 2.36. The Labute approximate surface area is 162 Å². The van der Waals surface area contributed by atoms with Gasteiger partial charge in [-0.1, -0.05) is 29.8 Å². The highest BCUT2D eigenvalue weighted by molar-refractivity contribution is 5.79. The van der Waals surface area contributed by atoms with Gasteiger partial charge >= 0.3 is 0 Å². The van der Waals surface area contributed by atoms with E-state index in [0.29, 0.717) is 0 Å². The van der Waals surface area contributed by atoms with E-state index in [9.17, 15) is 0 Å². The minimum absolute atomic E-state index is 0.251. The fourth-order valence-electron chi connectivity index (χ4n) is 3.46. The zero-order chi connectivity index (χ0) is 19.1. The number of hydrogen-bond donors (Lipinski definition) is 0. The highest BCUT2D eigenvalue weighted by Gasteiger charge is 2.15. The van der Waals surface area contributed by atoms with Crippen molar-refractivity contribution in [3.63, 3.8) is 0 Å². The Morgan fingerprint density at radius 3 is 2.57 bits per heavy atom. The summed E-state index contributed by atoms with van der Waals surface area (Å²) in [6.07, 6.45) is 0. The smallest absolute Gasteiger partial charge is 0.231 e. The molecule has 0 bridgehead atoms. The monoisotopic (exact) mass is 369 g/mol. The molecule has 0 spiro atoms. The molecule has 28 heavy (non-hydrogen) atoms. The van der Waals surface area contributed by atoms with Gasteiger partial charge in [0.15, 0.2) is 11.5 Å². The van der Waals surface area contributed by atoms with Gasteiger partial charge in [0, 0.05) is 17.0 Å². The number of rotatable bonds is 2. The van der Waals surface area contributed by atoms with Crippen molar-refractivity contribution in [3.8, 4) is 22.8 Å². The summed E-state index contributed by atoms with van der Waals surface area (Å²) in [5.41, 5.74) is 5.05. The molecule has 138 valence electrons. The minimum Gasteiger partial charge on any atom is -0.456 e. The molecule has 1 aliphatic rings. The van der Waals surface area contributed by atoms with Gasteiger partial charge in [0.05, 0.1) is 11.0 Å². The molecule has 0 N–H and O–H groups in total. The van der Waals surface area contributed by atoms with Crippen molar-refractivity contribution in [1.29, 1.82) is 0 Å². The minimum atomic E-state index is 0.251. The highest BCUT2D eigenvalue weighted by atomic mass is 16.7. The van der Waals surface area contributed by atoms with E-state index in [1.54, 1.807) is 0 Å². The van der Waals surface area contributed by atoms with Crippen LogP contribution in [0.15, 0.2) is 76.1 Å². The summed E-state index contributed by atoms with van der Waals surface area (Å²) in [6, 6.07) is 22.1. The third-order valence-corrected chi connectivity index (χ3v) is 4.90.